The Hall–Kier alpha value is -7.43. The smallest absolute Gasteiger partial charge is 0.0795 e. The Labute approximate surface area is 328 Å². The minimum absolute atomic E-state index is 0.417. The molecule has 3 N–H and O–H groups in total. The van der Waals surface area contributed by atoms with Crippen LogP contribution in [0.15, 0.2) is 213 Å². The van der Waals surface area contributed by atoms with Gasteiger partial charge in [0.05, 0.1) is 28.1 Å². The van der Waals surface area contributed by atoms with E-state index in [1.165, 1.54) is 0 Å². The van der Waals surface area contributed by atoms with Crippen molar-refractivity contribution in [2.75, 3.05) is 5.01 Å². The zero-order valence-corrected chi connectivity index (χ0v) is 31.3. The third-order valence-corrected chi connectivity index (χ3v) is 10.1. The van der Waals surface area contributed by atoms with E-state index in [4.69, 9.17) is 11.1 Å². The zero-order chi connectivity index (χ0) is 38.4. The second-order valence-corrected chi connectivity index (χ2v) is 13.6. The second kappa shape index (κ2) is 15.9. The summed E-state index contributed by atoms with van der Waals surface area (Å²) in [4.78, 5) is 0. The van der Waals surface area contributed by atoms with E-state index in [0.29, 0.717) is 11.4 Å². The fraction of sp³-hybridized carbons (Fsp3) is 0.0192. The van der Waals surface area contributed by atoms with Gasteiger partial charge in [-0.1, -0.05) is 152 Å². The maximum absolute atomic E-state index is 8.67. The Morgan fingerprint density at radius 1 is 0.589 bits per heavy atom. The van der Waals surface area contributed by atoms with Crippen molar-refractivity contribution in [2.45, 2.75) is 6.92 Å². The van der Waals surface area contributed by atoms with Crippen molar-refractivity contribution in [1.82, 2.24) is 4.68 Å². The number of fused-ring (bicyclic) bond motifs is 3. The molecule has 0 saturated carbocycles. The SMILES string of the molecule is C=C/C=C\C(=N)c1ccc(N(c2ccc(/C(N)=C/C=C\C)cc2)n2c3ccc(-c4ccccc4)cc3c3cc(-c4ccccc4)cc(-c4ccccc4)c32)cc1. The number of anilines is 2. The number of nitrogens with two attached hydrogens (primary N) is 1. The van der Waals surface area contributed by atoms with Crippen LogP contribution in [0.4, 0.5) is 11.4 Å². The first-order valence-corrected chi connectivity index (χ1v) is 18.8. The third kappa shape index (κ3) is 7.00. The Morgan fingerprint density at radius 3 is 1.73 bits per heavy atom. The Balaban J connectivity index is 1.46. The highest BCUT2D eigenvalue weighted by molar-refractivity contribution is 6.16. The molecule has 8 rings (SSSR count). The lowest BCUT2D eigenvalue weighted by Crippen LogP contribution is -2.24. The van der Waals surface area contributed by atoms with Crippen LogP contribution in [0.25, 0.3) is 60.9 Å². The topological polar surface area (TPSA) is 58.0 Å². The van der Waals surface area contributed by atoms with Gasteiger partial charge in [0, 0.05) is 22.0 Å². The number of hydrogen-bond donors (Lipinski definition) is 2. The van der Waals surface area contributed by atoms with Gasteiger partial charge in [-0.15, -0.1) is 0 Å². The van der Waals surface area contributed by atoms with Crippen LogP contribution in [0.5, 0.6) is 0 Å². The molecule has 4 nitrogen and oxygen atoms in total. The molecule has 0 bridgehead atoms. The van der Waals surface area contributed by atoms with Crippen molar-refractivity contribution in [3.8, 4) is 33.4 Å². The molecule has 7 aromatic carbocycles. The third-order valence-electron chi connectivity index (χ3n) is 10.1. The summed E-state index contributed by atoms with van der Waals surface area (Å²) in [7, 11) is 0. The van der Waals surface area contributed by atoms with Crippen molar-refractivity contribution < 1.29 is 0 Å². The van der Waals surface area contributed by atoms with E-state index in [0.717, 1.165) is 77.7 Å². The minimum Gasteiger partial charge on any atom is -0.398 e. The molecule has 56 heavy (non-hydrogen) atoms. The summed E-state index contributed by atoms with van der Waals surface area (Å²) in [5.74, 6) is 0. The number of hydrogen-bond acceptors (Lipinski definition) is 3. The highest BCUT2D eigenvalue weighted by Gasteiger charge is 2.24. The van der Waals surface area contributed by atoms with Gasteiger partial charge in [0.15, 0.2) is 0 Å². The van der Waals surface area contributed by atoms with E-state index in [1.54, 1.807) is 18.2 Å². The number of aromatic nitrogens is 1. The van der Waals surface area contributed by atoms with E-state index >= 15 is 0 Å². The molecule has 0 aliphatic heterocycles. The maximum Gasteiger partial charge on any atom is 0.0795 e. The van der Waals surface area contributed by atoms with Crippen LogP contribution in [0.3, 0.4) is 0 Å². The van der Waals surface area contributed by atoms with Gasteiger partial charge in [0.25, 0.3) is 0 Å². The first-order valence-electron chi connectivity index (χ1n) is 18.8. The quantitative estimate of drug-likeness (QED) is 0.103. The number of benzene rings is 7. The summed E-state index contributed by atoms with van der Waals surface area (Å²) in [6.07, 6.45) is 11.1. The van der Waals surface area contributed by atoms with Crippen molar-refractivity contribution >= 4 is 44.6 Å². The van der Waals surface area contributed by atoms with Crippen molar-refractivity contribution in [2.24, 2.45) is 5.73 Å². The fourth-order valence-electron chi connectivity index (χ4n) is 7.29. The normalized spacial score (nSPS) is 11.8. The van der Waals surface area contributed by atoms with Gasteiger partial charge in [0.1, 0.15) is 0 Å². The predicted octanol–water partition coefficient (Wildman–Crippen LogP) is 13.4. The molecule has 0 radical (unpaired) electrons. The van der Waals surface area contributed by atoms with Crippen LogP contribution in [-0.4, -0.2) is 10.4 Å². The summed E-state index contributed by atoms with van der Waals surface area (Å²) < 4.78 is 2.36. The van der Waals surface area contributed by atoms with E-state index < -0.39 is 0 Å². The highest BCUT2D eigenvalue weighted by atomic mass is 15.6. The minimum atomic E-state index is 0.417. The first kappa shape index (κ1) is 35.6. The van der Waals surface area contributed by atoms with E-state index in [1.807, 2.05) is 37.3 Å². The molecule has 0 saturated heterocycles. The van der Waals surface area contributed by atoms with Crippen LogP contribution in [0.1, 0.15) is 18.1 Å². The van der Waals surface area contributed by atoms with Gasteiger partial charge < -0.3 is 11.1 Å². The van der Waals surface area contributed by atoms with Crippen molar-refractivity contribution in [1.29, 1.82) is 5.41 Å². The Bertz CT molecular complexity index is 2750. The van der Waals surface area contributed by atoms with Gasteiger partial charge in [-0.05, 0) is 107 Å². The number of allylic oxidation sites excluding steroid dienone is 6. The molecular formula is C52H42N4. The van der Waals surface area contributed by atoms with Crippen molar-refractivity contribution in [3.05, 3.63) is 224 Å². The van der Waals surface area contributed by atoms with Crippen LogP contribution in [-0.2, 0) is 0 Å². The lowest BCUT2D eigenvalue weighted by molar-refractivity contribution is 0.886. The molecule has 0 fully saturated rings. The van der Waals surface area contributed by atoms with E-state index in [2.05, 4.69) is 174 Å². The summed E-state index contributed by atoms with van der Waals surface area (Å²) in [5, 5.41) is 13.2. The molecule has 1 aromatic heterocycles. The van der Waals surface area contributed by atoms with Crippen LogP contribution >= 0.6 is 0 Å². The molecular weight excluding hydrogens is 681 g/mol. The molecule has 0 atom stereocenters. The van der Waals surface area contributed by atoms with E-state index in [9.17, 15) is 0 Å². The van der Waals surface area contributed by atoms with Gasteiger partial charge in [-0.3, -0.25) is 0 Å². The Morgan fingerprint density at radius 2 is 1.14 bits per heavy atom. The van der Waals surface area contributed by atoms with Gasteiger partial charge >= 0.3 is 0 Å². The molecule has 4 heteroatoms. The first-order chi connectivity index (χ1) is 27.5. The zero-order valence-electron chi connectivity index (χ0n) is 31.3. The molecule has 0 spiro atoms. The summed E-state index contributed by atoms with van der Waals surface area (Å²) >= 11 is 0. The van der Waals surface area contributed by atoms with Crippen LogP contribution in [0, 0.1) is 5.41 Å². The number of rotatable bonds is 11. The van der Waals surface area contributed by atoms with Crippen LogP contribution < -0.4 is 10.7 Å². The molecule has 0 amide bonds. The van der Waals surface area contributed by atoms with Gasteiger partial charge in [0.2, 0.25) is 0 Å². The standard InChI is InChI=1S/C52H42N4/c1-3-5-22-49(53)40-24-29-44(30-25-40)55(45-31-26-41(27-32-45)50(54)23-6-4-2)56-51-33-28-42(37-16-10-7-11-17-37)34-47(51)48-36-43(38-18-12-8-13-19-38)35-46(52(48)56)39-20-14-9-15-21-39/h3-36,53H,1,54H2,2H3/b6-4-,22-5-,50-23-,53-49?. The summed E-state index contributed by atoms with van der Waals surface area (Å²) in [6.45, 7) is 5.75. The maximum atomic E-state index is 8.67. The summed E-state index contributed by atoms with van der Waals surface area (Å²) in [6, 6.07) is 59.9. The van der Waals surface area contributed by atoms with Gasteiger partial charge in [-0.2, -0.15) is 0 Å². The molecule has 8 aromatic rings. The van der Waals surface area contributed by atoms with E-state index in [-0.39, 0.29) is 0 Å². The van der Waals surface area contributed by atoms with Crippen molar-refractivity contribution in [3.63, 3.8) is 0 Å². The molecule has 1 heterocycles. The molecule has 0 unspecified atom stereocenters. The second-order valence-electron chi connectivity index (χ2n) is 13.6. The largest absolute Gasteiger partial charge is 0.398 e. The highest BCUT2D eigenvalue weighted by Crippen LogP contribution is 2.43. The lowest BCUT2D eigenvalue weighted by Gasteiger charge is -2.29. The fourth-order valence-corrected chi connectivity index (χ4v) is 7.29. The molecule has 0 aliphatic carbocycles. The van der Waals surface area contributed by atoms with Crippen LogP contribution in [0.2, 0.25) is 0 Å². The average Bonchev–Trinajstić information content (AvgIpc) is 3.59. The lowest BCUT2D eigenvalue weighted by atomic mass is 9.95. The molecule has 0 aliphatic rings. The summed E-state index contributed by atoms with van der Waals surface area (Å²) in [5.41, 5.74) is 20.3. The predicted molar refractivity (Wildman–Crippen MR) is 239 cm³/mol. The molecule has 270 valence electrons. The average molecular weight is 723 g/mol. The number of nitrogens with zero attached hydrogens (tertiary/aromatic N) is 2. The number of nitrogens with one attached hydrogen (secondary N) is 1. The van der Waals surface area contributed by atoms with Gasteiger partial charge in [-0.25, -0.2) is 9.69 Å². The Kier molecular flexibility index (Phi) is 10.1. The monoisotopic (exact) mass is 722 g/mol.